The maximum absolute atomic E-state index is 16.2. The van der Waals surface area contributed by atoms with E-state index in [1.54, 1.807) is 13.0 Å². The van der Waals surface area contributed by atoms with Gasteiger partial charge in [0.2, 0.25) is 5.91 Å². The van der Waals surface area contributed by atoms with E-state index in [0.717, 1.165) is 41.9 Å². The van der Waals surface area contributed by atoms with Gasteiger partial charge in [0.25, 0.3) is 0 Å². The van der Waals surface area contributed by atoms with Gasteiger partial charge in [-0.25, -0.2) is 4.79 Å². The fourth-order valence-corrected chi connectivity index (χ4v) is 14.6. The third-order valence-electron chi connectivity index (χ3n) is 17.8. The van der Waals surface area contributed by atoms with Crippen molar-refractivity contribution in [3.8, 4) is 17.2 Å². The Morgan fingerprint density at radius 1 is 0.890 bits per heavy atom. The molecule has 2 aromatic rings. The first-order chi connectivity index (χ1) is 34.7. The Morgan fingerprint density at radius 3 is 2.33 bits per heavy atom. The first-order valence-electron chi connectivity index (χ1n) is 26.4. The highest BCUT2D eigenvalue weighted by atomic mass is 16.6. The van der Waals surface area contributed by atoms with Crippen LogP contribution in [0.1, 0.15) is 127 Å². The SMILES string of the molecule is COC(=O)C(C)=CCC12OC(C)(C)C3CC(C1=O)C1C4=C(c5ccccc5C4=O)N4CCNC45c4c(OC(=O)CCC(=O)N6CCN(C)CC6)c6c(c(CC=C(C)C)c4OC32C15)OC(C)(CCC=C(C)C)C=C6. The molecule has 6 aliphatic heterocycles. The van der Waals surface area contributed by atoms with Crippen molar-refractivity contribution in [1.82, 2.24) is 20.0 Å². The van der Waals surface area contributed by atoms with Crippen LogP contribution < -0.4 is 19.5 Å². The summed E-state index contributed by atoms with van der Waals surface area (Å²) in [5, 5.41) is 4.08. The summed E-state index contributed by atoms with van der Waals surface area (Å²) in [6.45, 7) is 19.7. The Hall–Kier alpha value is -5.83. The molecule has 386 valence electrons. The van der Waals surface area contributed by atoms with Crippen LogP contribution >= 0.6 is 0 Å². The number of hydrogen-bond donors (Lipinski definition) is 1. The zero-order chi connectivity index (χ0) is 51.7. The minimum atomic E-state index is -1.64. The van der Waals surface area contributed by atoms with E-state index in [4.69, 9.17) is 23.7 Å². The zero-order valence-corrected chi connectivity index (χ0v) is 44.1. The number of allylic oxidation sites excluding steroid dienone is 5. The first-order valence-corrected chi connectivity index (χ1v) is 26.4. The highest BCUT2D eigenvalue weighted by Crippen LogP contribution is 2.78. The van der Waals surface area contributed by atoms with Gasteiger partial charge in [0.1, 0.15) is 22.8 Å². The van der Waals surface area contributed by atoms with E-state index < -0.39 is 57.8 Å². The highest BCUT2D eigenvalue weighted by molar-refractivity contribution is 6.22. The Kier molecular flexibility index (Phi) is 11.8. The van der Waals surface area contributed by atoms with Crippen LogP contribution in [-0.4, -0.2) is 120 Å². The minimum Gasteiger partial charge on any atom is -0.482 e. The number of carbonyl (C=O) groups excluding carboxylic acids is 5. The number of Topliss-reactive ketones (excluding diaryl/α,β-unsaturated/α-hetero) is 2. The molecule has 14 heteroatoms. The molecule has 14 nitrogen and oxygen atoms in total. The number of likely N-dealkylation sites (N-methyl/N-ethyl adjacent to an activating group) is 1. The summed E-state index contributed by atoms with van der Waals surface area (Å²) < 4.78 is 35.0. The Balaban J connectivity index is 1.20. The number of rotatable bonds is 12. The van der Waals surface area contributed by atoms with Gasteiger partial charge in [0.15, 0.2) is 28.5 Å². The van der Waals surface area contributed by atoms with E-state index in [1.807, 2.05) is 70.0 Å². The second-order valence-electron chi connectivity index (χ2n) is 23.2. The van der Waals surface area contributed by atoms with Crippen molar-refractivity contribution in [3.63, 3.8) is 0 Å². The topological polar surface area (TPSA) is 153 Å². The number of benzene rings is 2. The van der Waals surface area contributed by atoms with Gasteiger partial charge in [-0.1, -0.05) is 53.6 Å². The third-order valence-corrected chi connectivity index (χ3v) is 17.8. The van der Waals surface area contributed by atoms with Crippen molar-refractivity contribution in [2.45, 2.75) is 128 Å². The molecular formula is C59H70N4O10. The Bertz CT molecular complexity index is 2930. The van der Waals surface area contributed by atoms with Crippen LogP contribution in [0.3, 0.4) is 0 Å². The van der Waals surface area contributed by atoms with Crippen molar-refractivity contribution >= 4 is 41.2 Å². The fraction of sp³-hybridized carbons (Fsp3) is 0.542. The maximum atomic E-state index is 16.2. The van der Waals surface area contributed by atoms with Gasteiger partial charge in [-0.15, -0.1) is 0 Å². The molecule has 3 saturated heterocycles. The van der Waals surface area contributed by atoms with Crippen LogP contribution in [-0.2, 0) is 40.7 Å². The van der Waals surface area contributed by atoms with Gasteiger partial charge in [0.05, 0.1) is 41.9 Å². The maximum Gasteiger partial charge on any atom is 0.333 e. The standard InChI is InChI=1S/C59H70N4O10/c1-33(2)14-13-23-56(8)24-22-39-49(71-56)38(18-17-34(3)4)51-46(50(39)70-43(65)20-19-42(64)62-30-28-61(9)29-31-62)59-52-44(45-47(63(59)27-26-60-59)36-15-11-12-16-37(36)48(45)66)40-32-41-55(6,7)73-57(53(40)67,58(41,52)72-51)25-21-35(5)54(68)69-10/h11-12,14-17,21-22,24,40-41,44,52,60H,13,18-20,23,25-32H2,1-10H3. The summed E-state index contributed by atoms with van der Waals surface area (Å²) in [6.07, 6.45) is 12.2. The Labute approximate surface area is 428 Å². The van der Waals surface area contributed by atoms with Crippen LogP contribution in [0.25, 0.3) is 11.8 Å². The molecule has 4 bridgehead atoms. The lowest BCUT2D eigenvalue weighted by molar-refractivity contribution is -0.245. The molecule has 4 aliphatic carbocycles. The molecule has 0 radical (unpaired) electrons. The quantitative estimate of drug-likeness (QED) is 0.0951. The van der Waals surface area contributed by atoms with E-state index in [0.29, 0.717) is 84.8 Å². The van der Waals surface area contributed by atoms with Crippen molar-refractivity contribution in [2.75, 3.05) is 53.4 Å². The lowest BCUT2D eigenvalue weighted by atomic mass is 9.39. The number of fused-ring (bicyclic) bond motifs is 5. The zero-order valence-electron chi connectivity index (χ0n) is 44.1. The van der Waals surface area contributed by atoms with Gasteiger partial charge in [-0.3, -0.25) is 24.5 Å². The van der Waals surface area contributed by atoms with Crippen LogP contribution in [0.5, 0.6) is 17.2 Å². The summed E-state index contributed by atoms with van der Waals surface area (Å²) in [5.74, 6) is -2.61. The molecule has 2 spiro atoms. The summed E-state index contributed by atoms with van der Waals surface area (Å²) in [5.41, 5.74) is 1.20. The summed E-state index contributed by atoms with van der Waals surface area (Å²) in [7, 11) is 3.37. The van der Waals surface area contributed by atoms with E-state index in [9.17, 15) is 14.4 Å². The summed E-state index contributed by atoms with van der Waals surface area (Å²) in [4.78, 5) is 79.4. The van der Waals surface area contributed by atoms with Crippen LogP contribution in [0, 0.1) is 23.7 Å². The van der Waals surface area contributed by atoms with Gasteiger partial charge in [0, 0.05) is 97.7 Å². The summed E-state index contributed by atoms with van der Waals surface area (Å²) >= 11 is 0. The average molecular weight is 995 g/mol. The molecule has 73 heavy (non-hydrogen) atoms. The number of esters is 2. The first kappa shape index (κ1) is 49.4. The number of nitrogens with zero attached hydrogens (tertiary/aromatic N) is 3. The Morgan fingerprint density at radius 2 is 1.62 bits per heavy atom. The predicted molar refractivity (Wildman–Crippen MR) is 275 cm³/mol. The molecule has 1 amide bonds. The summed E-state index contributed by atoms with van der Waals surface area (Å²) in [6, 6.07) is 7.70. The van der Waals surface area contributed by atoms with E-state index in [1.165, 1.54) is 12.7 Å². The highest BCUT2D eigenvalue weighted by Gasteiger charge is 2.89. The average Bonchev–Trinajstić information content (AvgIpc) is 3.96. The second kappa shape index (κ2) is 17.4. The molecular weight excluding hydrogens is 925 g/mol. The largest absolute Gasteiger partial charge is 0.482 e. The smallest absolute Gasteiger partial charge is 0.333 e. The molecule has 8 atom stereocenters. The predicted octanol–water partition coefficient (Wildman–Crippen LogP) is 7.88. The molecule has 1 N–H and O–H groups in total. The number of ketones is 2. The van der Waals surface area contributed by atoms with Crippen molar-refractivity contribution in [3.05, 3.63) is 98.7 Å². The number of amides is 1. The number of nitrogens with one attached hydrogen (secondary N) is 1. The number of hydrogen-bond acceptors (Lipinski definition) is 13. The van der Waals surface area contributed by atoms with Crippen molar-refractivity contribution in [2.24, 2.45) is 23.7 Å². The number of carbonyl (C=O) groups is 5. The fourth-order valence-electron chi connectivity index (χ4n) is 14.6. The van der Waals surface area contributed by atoms with E-state index in [-0.39, 0.29) is 48.4 Å². The van der Waals surface area contributed by atoms with E-state index >= 15 is 9.59 Å². The molecule has 2 aromatic carbocycles. The molecule has 6 heterocycles. The van der Waals surface area contributed by atoms with E-state index in [2.05, 4.69) is 54.1 Å². The van der Waals surface area contributed by atoms with Crippen molar-refractivity contribution in [1.29, 1.82) is 0 Å². The number of piperazine rings is 1. The van der Waals surface area contributed by atoms with Crippen LogP contribution in [0.4, 0.5) is 0 Å². The van der Waals surface area contributed by atoms with Crippen LogP contribution in [0.15, 0.2) is 70.9 Å². The number of ether oxygens (including phenoxy) is 5. The molecule has 12 rings (SSSR count). The van der Waals surface area contributed by atoms with Crippen molar-refractivity contribution < 1.29 is 47.7 Å². The van der Waals surface area contributed by atoms with Crippen LogP contribution in [0.2, 0.25) is 0 Å². The number of methoxy groups -OCH3 is 1. The lowest BCUT2D eigenvalue weighted by Gasteiger charge is -2.70. The molecule has 3 saturated carbocycles. The lowest BCUT2D eigenvalue weighted by Crippen LogP contribution is -2.84. The molecule has 0 aromatic heterocycles. The van der Waals surface area contributed by atoms with Gasteiger partial charge >= 0.3 is 11.9 Å². The molecule has 10 aliphatic rings. The minimum absolute atomic E-state index is 0.0109. The molecule has 8 unspecified atom stereocenters. The third kappa shape index (κ3) is 7.08. The second-order valence-corrected chi connectivity index (χ2v) is 23.2. The molecule has 6 fully saturated rings. The van der Waals surface area contributed by atoms with Gasteiger partial charge in [-0.2, -0.15) is 0 Å². The van der Waals surface area contributed by atoms with Gasteiger partial charge in [-0.05, 0) is 100 Å². The monoisotopic (exact) mass is 995 g/mol. The van der Waals surface area contributed by atoms with Gasteiger partial charge < -0.3 is 38.4 Å². The normalized spacial score (nSPS) is 31.6.